The lowest BCUT2D eigenvalue weighted by Gasteiger charge is -2.15. The molecule has 3 rings (SSSR count). The van der Waals surface area contributed by atoms with Gasteiger partial charge < -0.3 is 5.32 Å². The molecule has 23 heavy (non-hydrogen) atoms. The highest BCUT2D eigenvalue weighted by atomic mass is 35.5. The molecule has 0 aliphatic carbocycles. The van der Waals surface area contributed by atoms with E-state index in [0.29, 0.717) is 16.6 Å². The molecule has 0 aliphatic heterocycles. The lowest BCUT2D eigenvalue weighted by atomic mass is 10.1. The number of hydrogen-bond acceptors (Lipinski definition) is 4. The molecule has 8 heteroatoms. The van der Waals surface area contributed by atoms with E-state index in [0.717, 1.165) is 11.3 Å². The van der Waals surface area contributed by atoms with E-state index in [4.69, 9.17) is 11.6 Å². The Morgan fingerprint density at radius 2 is 2.04 bits per heavy atom. The lowest BCUT2D eigenvalue weighted by Crippen LogP contribution is -2.32. The fourth-order valence-corrected chi connectivity index (χ4v) is 2.33. The summed E-state index contributed by atoms with van der Waals surface area (Å²) in [6.45, 7) is 3.72. The number of nitrogens with one attached hydrogen (secondary N) is 2. The third kappa shape index (κ3) is 3.40. The van der Waals surface area contributed by atoms with E-state index in [1.54, 1.807) is 18.2 Å². The second kappa shape index (κ2) is 6.21. The zero-order chi connectivity index (χ0) is 16.4. The summed E-state index contributed by atoms with van der Waals surface area (Å²) in [6, 6.07) is 8.56. The van der Waals surface area contributed by atoms with E-state index < -0.39 is 0 Å². The minimum atomic E-state index is -0.338. The summed E-state index contributed by atoms with van der Waals surface area (Å²) in [5, 5.41) is 10.3. The predicted octanol–water partition coefficient (Wildman–Crippen LogP) is 2.97. The van der Waals surface area contributed by atoms with Gasteiger partial charge in [-0.15, -0.1) is 0 Å². The maximum atomic E-state index is 12.2. The summed E-state index contributed by atoms with van der Waals surface area (Å²) in [4.78, 5) is 20.5. The third-order valence-electron chi connectivity index (χ3n) is 3.34. The molecule has 118 valence electrons. The van der Waals surface area contributed by atoms with Gasteiger partial charge in [0.25, 0.3) is 5.78 Å². The highest BCUT2D eigenvalue weighted by molar-refractivity contribution is 6.30. The number of aromatic nitrogens is 4. The molecule has 0 bridgehead atoms. The monoisotopic (exact) mass is 330 g/mol. The quantitative estimate of drug-likeness (QED) is 0.773. The van der Waals surface area contributed by atoms with Crippen molar-refractivity contribution < 1.29 is 4.79 Å². The smallest absolute Gasteiger partial charge is 0.320 e. The SMILES string of the molecule is Cc1cc(NC(=O)N[C@@H](C)c2ccc(Cl)cc2)n2ncnc2n1. The highest BCUT2D eigenvalue weighted by Crippen LogP contribution is 2.16. The van der Waals surface area contributed by atoms with Gasteiger partial charge in [-0.05, 0) is 31.5 Å². The first-order valence-electron chi connectivity index (χ1n) is 7.03. The zero-order valence-corrected chi connectivity index (χ0v) is 13.4. The summed E-state index contributed by atoms with van der Waals surface area (Å²) < 4.78 is 1.47. The van der Waals surface area contributed by atoms with Crippen LogP contribution >= 0.6 is 11.6 Å². The maximum Gasteiger partial charge on any atom is 0.320 e. The summed E-state index contributed by atoms with van der Waals surface area (Å²) in [5.74, 6) is 0.942. The Hall–Kier alpha value is -2.67. The van der Waals surface area contributed by atoms with Crippen LogP contribution in [0.25, 0.3) is 5.78 Å². The Balaban J connectivity index is 1.73. The molecule has 0 spiro atoms. The Morgan fingerprint density at radius 3 is 2.78 bits per heavy atom. The van der Waals surface area contributed by atoms with Crippen LogP contribution in [0.3, 0.4) is 0 Å². The number of hydrogen-bond donors (Lipinski definition) is 2. The number of anilines is 1. The normalized spacial score (nSPS) is 12.1. The van der Waals surface area contributed by atoms with Gasteiger partial charge in [-0.2, -0.15) is 14.6 Å². The summed E-state index contributed by atoms with van der Waals surface area (Å²) in [6.07, 6.45) is 1.39. The van der Waals surface area contributed by atoms with Crippen molar-refractivity contribution in [2.75, 3.05) is 5.32 Å². The predicted molar refractivity (Wildman–Crippen MR) is 87.5 cm³/mol. The molecule has 2 aromatic heterocycles. The second-order valence-corrected chi connectivity index (χ2v) is 5.56. The second-order valence-electron chi connectivity index (χ2n) is 5.13. The van der Waals surface area contributed by atoms with Crippen molar-refractivity contribution in [3.05, 3.63) is 52.9 Å². The molecule has 0 radical (unpaired) electrons. The van der Waals surface area contributed by atoms with E-state index in [1.165, 1.54) is 10.8 Å². The fourth-order valence-electron chi connectivity index (χ4n) is 2.20. The number of nitrogens with zero attached hydrogens (tertiary/aromatic N) is 4. The number of urea groups is 1. The van der Waals surface area contributed by atoms with Crippen molar-refractivity contribution in [3.63, 3.8) is 0 Å². The van der Waals surface area contributed by atoms with E-state index >= 15 is 0 Å². The van der Waals surface area contributed by atoms with Gasteiger partial charge in [-0.1, -0.05) is 23.7 Å². The minimum Gasteiger partial charge on any atom is -0.331 e. The molecular weight excluding hydrogens is 316 g/mol. The van der Waals surface area contributed by atoms with Gasteiger partial charge in [-0.3, -0.25) is 5.32 Å². The first-order chi connectivity index (χ1) is 11.0. The van der Waals surface area contributed by atoms with Gasteiger partial charge in [0.15, 0.2) is 0 Å². The lowest BCUT2D eigenvalue weighted by molar-refractivity contribution is 0.249. The fraction of sp³-hybridized carbons (Fsp3) is 0.200. The number of carbonyl (C=O) groups is 1. The molecule has 0 fully saturated rings. The van der Waals surface area contributed by atoms with Crippen molar-refractivity contribution in [2.24, 2.45) is 0 Å². The first kappa shape index (κ1) is 15.2. The topological polar surface area (TPSA) is 84.2 Å². The number of rotatable bonds is 3. The van der Waals surface area contributed by atoms with E-state index in [9.17, 15) is 4.79 Å². The molecular formula is C15H15ClN6O. The van der Waals surface area contributed by atoms with E-state index in [1.807, 2.05) is 26.0 Å². The van der Waals surface area contributed by atoms with Crippen molar-refractivity contribution >= 4 is 29.2 Å². The minimum absolute atomic E-state index is 0.165. The molecule has 0 aliphatic rings. The average Bonchev–Trinajstić information content (AvgIpc) is 2.96. The van der Waals surface area contributed by atoms with Crippen LogP contribution < -0.4 is 10.6 Å². The van der Waals surface area contributed by atoms with Crippen LogP contribution in [0.4, 0.5) is 10.6 Å². The Kier molecular flexibility index (Phi) is 4.12. The summed E-state index contributed by atoms with van der Waals surface area (Å²) >= 11 is 5.87. The Morgan fingerprint density at radius 1 is 1.30 bits per heavy atom. The highest BCUT2D eigenvalue weighted by Gasteiger charge is 2.12. The third-order valence-corrected chi connectivity index (χ3v) is 3.59. The van der Waals surface area contributed by atoms with Crippen LogP contribution in [0.15, 0.2) is 36.7 Å². The van der Waals surface area contributed by atoms with Gasteiger partial charge in [0, 0.05) is 16.8 Å². The van der Waals surface area contributed by atoms with Crippen molar-refractivity contribution in [1.29, 1.82) is 0 Å². The standard InChI is InChI=1S/C15H15ClN6O/c1-9-7-13(22-14(19-9)17-8-18-22)21-15(23)20-10(2)11-3-5-12(16)6-4-11/h3-8,10H,1-2H3,(H2,20,21,23)/t10-/m0/s1. The maximum absolute atomic E-state index is 12.2. The van der Waals surface area contributed by atoms with Crippen LogP contribution in [0.1, 0.15) is 24.2 Å². The van der Waals surface area contributed by atoms with Gasteiger partial charge in [-0.25, -0.2) is 9.78 Å². The molecule has 2 heterocycles. The van der Waals surface area contributed by atoms with Crippen LogP contribution in [0, 0.1) is 6.92 Å². The number of carbonyl (C=O) groups excluding carboxylic acids is 1. The number of benzene rings is 1. The van der Waals surface area contributed by atoms with Crippen LogP contribution in [-0.2, 0) is 0 Å². The molecule has 1 atom stereocenters. The molecule has 2 amide bonds. The van der Waals surface area contributed by atoms with Crippen LogP contribution in [0.2, 0.25) is 5.02 Å². The Bertz CT molecular complexity index is 845. The number of amides is 2. The van der Waals surface area contributed by atoms with E-state index in [-0.39, 0.29) is 12.1 Å². The summed E-state index contributed by atoms with van der Waals surface area (Å²) in [7, 11) is 0. The van der Waals surface area contributed by atoms with Crippen LogP contribution in [-0.4, -0.2) is 25.6 Å². The molecule has 2 N–H and O–H groups in total. The van der Waals surface area contributed by atoms with Gasteiger partial charge in [0.1, 0.15) is 12.1 Å². The molecule has 1 aromatic carbocycles. The molecule has 0 unspecified atom stereocenters. The molecule has 7 nitrogen and oxygen atoms in total. The largest absolute Gasteiger partial charge is 0.331 e. The first-order valence-corrected chi connectivity index (χ1v) is 7.41. The van der Waals surface area contributed by atoms with Gasteiger partial charge in [0.05, 0.1) is 6.04 Å². The number of fused-ring (bicyclic) bond motifs is 1. The summed E-state index contributed by atoms with van der Waals surface area (Å²) in [5.41, 5.74) is 1.70. The Labute approximate surface area is 137 Å². The molecule has 0 saturated heterocycles. The van der Waals surface area contributed by atoms with Crippen molar-refractivity contribution in [2.45, 2.75) is 19.9 Å². The van der Waals surface area contributed by atoms with E-state index in [2.05, 4.69) is 25.7 Å². The number of aryl methyl sites for hydroxylation is 1. The zero-order valence-electron chi connectivity index (χ0n) is 12.6. The van der Waals surface area contributed by atoms with Crippen LogP contribution in [0.5, 0.6) is 0 Å². The van der Waals surface area contributed by atoms with Gasteiger partial charge >= 0.3 is 6.03 Å². The van der Waals surface area contributed by atoms with Crippen molar-refractivity contribution in [1.82, 2.24) is 24.9 Å². The molecule has 0 saturated carbocycles. The average molecular weight is 331 g/mol. The van der Waals surface area contributed by atoms with Crippen molar-refractivity contribution in [3.8, 4) is 0 Å². The molecule has 3 aromatic rings. The van der Waals surface area contributed by atoms with Gasteiger partial charge in [0.2, 0.25) is 0 Å². The number of halogens is 1.